The average Bonchev–Trinajstić information content (AvgIpc) is 2.95. The molecule has 0 bridgehead atoms. The van der Waals surface area contributed by atoms with E-state index < -0.39 is 0 Å². The van der Waals surface area contributed by atoms with Crippen molar-refractivity contribution in [3.8, 4) is 0 Å². The van der Waals surface area contributed by atoms with Gasteiger partial charge >= 0.3 is 0 Å². The lowest BCUT2D eigenvalue weighted by atomic mass is 9.74. The van der Waals surface area contributed by atoms with Gasteiger partial charge in [-0.15, -0.1) is 0 Å². The van der Waals surface area contributed by atoms with Crippen LogP contribution in [-0.2, 0) is 21.4 Å². The van der Waals surface area contributed by atoms with E-state index in [1.54, 1.807) is 4.90 Å². The molecule has 3 rings (SSSR count). The van der Waals surface area contributed by atoms with E-state index in [0.717, 1.165) is 42.9 Å². The maximum atomic E-state index is 12.5. The van der Waals surface area contributed by atoms with Crippen LogP contribution >= 0.6 is 0 Å². The summed E-state index contributed by atoms with van der Waals surface area (Å²) >= 11 is 0. The van der Waals surface area contributed by atoms with Crippen LogP contribution < -0.4 is 5.32 Å². The zero-order valence-corrected chi connectivity index (χ0v) is 17.3. The molecule has 0 spiro atoms. The smallest absolute Gasteiger partial charge is 0.222 e. The maximum Gasteiger partial charge on any atom is 0.222 e. The van der Waals surface area contributed by atoms with Crippen molar-refractivity contribution in [1.29, 1.82) is 0 Å². The van der Waals surface area contributed by atoms with Crippen molar-refractivity contribution in [2.45, 2.75) is 78.2 Å². The van der Waals surface area contributed by atoms with Gasteiger partial charge < -0.3 is 10.2 Å². The number of hydrogen-bond donors (Lipinski definition) is 1. The van der Waals surface area contributed by atoms with Crippen molar-refractivity contribution < 1.29 is 9.59 Å². The first kappa shape index (κ1) is 19.8. The number of amides is 2. The molecule has 1 saturated heterocycles. The van der Waals surface area contributed by atoms with Gasteiger partial charge in [0.05, 0.1) is 6.04 Å². The van der Waals surface area contributed by atoms with Gasteiger partial charge in [-0.1, -0.05) is 34.6 Å². The molecule has 27 heavy (non-hydrogen) atoms. The van der Waals surface area contributed by atoms with Crippen LogP contribution in [0.25, 0.3) is 0 Å². The Kier molecular flexibility index (Phi) is 5.28. The summed E-state index contributed by atoms with van der Waals surface area (Å²) in [6.45, 7) is 12.1. The van der Waals surface area contributed by atoms with E-state index in [9.17, 15) is 9.59 Å². The van der Waals surface area contributed by atoms with Crippen LogP contribution in [0.15, 0.2) is 6.20 Å². The number of carbonyl (C=O) groups is 2. The van der Waals surface area contributed by atoms with Gasteiger partial charge in [-0.25, -0.2) is 9.97 Å². The Bertz CT molecular complexity index is 736. The number of likely N-dealkylation sites (tertiary alicyclic amines) is 1. The van der Waals surface area contributed by atoms with Crippen LogP contribution in [0.5, 0.6) is 0 Å². The molecule has 0 aromatic carbocycles. The minimum Gasteiger partial charge on any atom is -0.349 e. The summed E-state index contributed by atoms with van der Waals surface area (Å²) in [5.74, 6) is 0.995. The maximum absolute atomic E-state index is 12.5. The number of rotatable bonds is 4. The molecule has 6 nitrogen and oxygen atoms in total. The van der Waals surface area contributed by atoms with Crippen molar-refractivity contribution in [3.63, 3.8) is 0 Å². The van der Waals surface area contributed by atoms with E-state index in [1.807, 2.05) is 6.20 Å². The lowest BCUT2D eigenvalue weighted by Gasteiger charge is -2.37. The van der Waals surface area contributed by atoms with Gasteiger partial charge in [-0.3, -0.25) is 9.59 Å². The molecule has 6 heteroatoms. The Labute approximate surface area is 162 Å². The van der Waals surface area contributed by atoms with E-state index in [-0.39, 0.29) is 28.7 Å². The molecule has 1 aromatic rings. The van der Waals surface area contributed by atoms with Crippen molar-refractivity contribution >= 4 is 11.8 Å². The fourth-order valence-corrected chi connectivity index (χ4v) is 3.98. The first-order valence-electron chi connectivity index (χ1n) is 9.99. The topological polar surface area (TPSA) is 75.2 Å². The Hall–Kier alpha value is -1.98. The van der Waals surface area contributed by atoms with Gasteiger partial charge in [-0.2, -0.15) is 0 Å². The number of nitrogens with zero attached hydrogens (tertiary/aromatic N) is 3. The molecule has 1 N–H and O–H groups in total. The molecule has 2 amide bonds. The number of hydrogen-bond acceptors (Lipinski definition) is 4. The summed E-state index contributed by atoms with van der Waals surface area (Å²) in [7, 11) is 0. The summed E-state index contributed by atoms with van der Waals surface area (Å²) < 4.78 is 0. The summed E-state index contributed by atoms with van der Waals surface area (Å²) in [6.07, 6.45) is 5.51. The second kappa shape index (κ2) is 7.21. The van der Waals surface area contributed by atoms with Crippen LogP contribution in [0.1, 0.15) is 83.4 Å². The Morgan fingerprint density at radius 2 is 2.11 bits per heavy atom. The molecule has 1 atom stereocenters. The summed E-state index contributed by atoms with van der Waals surface area (Å²) in [4.78, 5) is 35.5. The highest BCUT2D eigenvalue weighted by Gasteiger charge is 2.35. The van der Waals surface area contributed by atoms with Crippen molar-refractivity contribution in [1.82, 2.24) is 20.2 Å². The molecule has 148 valence electrons. The standard InChI is InChI=1S/C21H32N4O2/c1-20(2,3)19-22-13-14-15(11-21(4,5)12-16(14)24-19)23-17(26)8-10-25-9-6-7-18(25)27/h13,15H,6-12H2,1-5H3,(H,23,26)/t15-/m0/s1. The SMILES string of the molecule is CC1(C)Cc2nc(C(C)(C)C)ncc2[C@@H](NC(=O)CCN2CCCC2=O)C1. The van der Waals surface area contributed by atoms with Crippen LogP contribution in [0, 0.1) is 5.41 Å². The molecule has 1 fully saturated rings. The van der Waals surface area contributed by atoms with E-state index in [4.69, 9.17) is 4.98 Å². The third kappa shape index (κ3) is 4.66. The van der Waals surface area contributed by atoms with Gasteiger partial charge in [0.2, 0.25) is 11.8 Å². The van der Waals surface area contributed by atoms with Gasteiger partial charge in [0.25, 0.3) is 0 Å². The molecule has 0 saturated carbocycles. The van der Waals surface area contributed by atoms with Crippen molar-refractivity contribution in [2.24, 2.45) is 5.41 Å². The molecule has 1 aliphatic heterocycles. The molecular formula is C21H32N4O2. The van der Waals surface area contributed by atoms with Gasteiger partial charge in [0.1, 0.15) is 5.82 Å². The van der Waals surface area contributed by atoms with Gasteiger partial charge in [0.15, 0.2) is 0 Å². The van der Waals surface area contributed by atoms with Gasteiger partial charge in [-0.05, 0) is 24.7 Å². The second-order valence-corrected chi connectivity index (χ2v) is 9.75. The summed E-state index contributed by atoms with van der Waals surface area (Å²) in [6, 6.07) is -0.0699. The van der Waals surface area contributed by atoms with Gasteiger partial charge in [0, 0.05) is 48.8 Å². The van der Waals surface area contributed by atoms with E-state index in [1.165, 1.54) is 0 Å². The van der Waals surface area contributed by atoms with E-state index in [2.05, 4.69) is 44.9 Å². The summed E-state index contributed by atoms with van der Waals surface area (Å²) in [5.41, 5.74) is 2.05. The first-order chi connectivity index (χ1) is 12.5. The predicted octanol–water partition coefficient (Wildman–Crippen LogP) is 2.92. The third-order valence-corrected chi connectivity index (χ3v) is 5.46. The fourth-order valence-electron chi connectivity index (χ4n) is 3.98. The highest BCUT2D eigenvalue weighted by atomic mass is 16.2. The molecule has 0 unspecified atom stereocenters. The van der Waals surface area contributed by atoms with Crippen LogP contribution in [0.4, 0.5) is 0 Å². The minimum absolute atomic E-state index is 0.0109. The van der Waals surface area contributed by atoms with Crippen LogP contribution in [0.3, 0.4) is 0 Å². The third-order valence-electron chi connectivity index (χ3n) is 5.46. The first-order valence-corrected chi connectivity index (χ1v) is 9.99. The minimum atomic E-state index is -0.0996. The average molecular weight is 373 g/mol. The van der Waals surface area contributed by atoms with Crippen LogP contribution in [-0.4, -0.2) is 39.8 Å². The fraction of sp³-hybridized carbons (Fsp3) is 0.714. The normalized spacial score (nSPS) is 21.9. The quantitative estimate of drug-likeness (QED) is 0.882. The van der Waals surface area contributed by atoms with E-state index in [0.29, 0.717) is 19.4 Å². The summed E-state index contributed by atoms with van der Waals surface area (Å²) in [5, 5.41) is 3.17. The molecular weight excluding hydrogens is 340 g/mol. The Morgan fingerprint density at radius 1 is 1.37 bits per heavy atom. The van der Waals surface area contributed by atoms with Crippen molar-refractivity contribution in [2.75, 3.05) is 13.1 Å². The number of aromatic nitrogens is 2. The zero-order chi connectivity index (χ0) is 19.8. The Morgan fingerprint density at radius 3 is 2.74 bits per heavy atom. The highest BCUT2D eigenvalue weighted by molar-refractivity contribution is 5.80. The molecule has 2 aliphatic rings. The van der Waals surface area contributed by atoms with Crippen LogP contribution in [0.2, 0.25) is 0 Å². The van der Waals surface area contributed by atoms with Crippen molar-refractivity contribution in [3.05, 3.63) is 23.3 Å². The highest BCUT2D eigenvalue weighted by Crippen LogP contribution is 2.40. The number of nitrogens with one attached hydrogen (secondary N) is 1. The second-order valence-electron chi connectivity index (χ2n) is 9.75. The molecule has 1 aliphatic carbocycles. The van der Waals surface area contributed by atoms with E-state index >= 15 is 0 Å². The lowest BCUT2D eigenvalue weighted by Crippen LogP contribution is -2.39. The predicted molar refractivity (Wildman–Crippen MR) is 104 cm³/mol. The monoisotopic (exact) mass is 372 g/mol. The Balaban J connectivity index is 1.72. The molecule has 1 aromatic heterocycles. The number of fused-ring (bicyclic) bond motifs is 1. The largest absolute Gasteiger partial charge is 0.349 e. The zero-order valence-electron chi connectivity index (χ0n) is 17.3. The molecule has 0 radical (unpaired) electrons. The number of carbonyl (C=O) groups excluding carboxylic acids is 2. The molecule has 2 heterocycles. The lowest BCUT2D eigenvalue weighted by molar-refractivity contribution is -0.128.